The van der Waals surface area contributed by atoms with Gasteiger partial charge in [0.1, 0.15) is 0 Å². The fraction of sp³-hybridized carbons (Fsp3) is 0.500. The van der Waals surface area contributed by atoms with E-state index < -0.39 is 0 Å². The number of nitrogens with zero attached hydrogens (tertiary/aromatic N) is 1. The molecule has 10 heavy (non-hydrogen) atoms. The Morgan fingerprint density at radius 3 is 2.70 bits per heavy atom. The molecule has 0 aromatic rings. The first-order valence-corrected chi connectivity index (χ1v) is 2.64. The molecule has 58 valence electrons. The van der Waals surface area contributed by atoms with Gasteiger partial charge in [-0.3, -0.25) is 22.1 Å². The average molecular weight is 146 g/mol. The van der Waals surface area contributed by atoms with Crippen LogP contribution in [0.5, 0.6) is 0 Å². The van der Waals surface area contributed by atoms with Gasteiger partial charge >= 0.3 is 0 Å². The lowest BCUT2D eigenvalue weighted by molar-refractivity contribution is 0.328. The van der Waals surface area contributed by atoms with Crippen LogP contribution >= 0.6 is 0 Å². The minimum atomic E-state index is -0.294. The first-order chi connectivity index (χ1) is 4.86. The van der Waals surface area contributed by atoms with Gasteiger partial charge in [-0.15, -0.1) is 5.10 Å². The molecule has 1 rings (SSSR count). The molecule has 1 aliphatic rings. The van der Waals surface area contributed by atoms with Crippen molar-refractivity contribution in [3.05, 3.63) is 0 Å². The predicted octanol–water partition coefficient (Wildman–Crippen LogP) is -3.83. The summed E-state index contributed by atoms with van der Waals surface area (Å²) in [5.74, 6) is 10.5. The van der Waals surface area contributed by atoms with Crippen molar-refractivity contribution in [2.75, 3.05) is 0 Å². The molecule has 0 saturated carbocycles. The topological polar surface area (TPSA) is 125 Å². The Balaban J connectivity index is 2.36. The summed E-state index contributed by atoms with van der Waals surface area (Å²) in [6.45, 7) is 0. The zero-order valence-corrected chi connectivity index (χ0v) is 5.18. The van der Waals surface area contributed by atoms with Crippen LogP contribution in [-0.4, -0.2) is 12.2 Å². The zero-order chi connectivity index (χ0) is 7.40. The van der Waals surface area contributed by atoms with E-state index in [2.05, 4.69) is 32.2 Å². The summed E-state index contributed by atoms with van der Waals surface area (Å²) in [4.78, 5) is 0. The number of nitrogens with two attached hydrogens (primary N) is 2. The van der Waals surface area contributed by atoms with Crippen LogP contribution in [0.3, 0.4) is 0 Å². The summed E-state index contributed by atoms with van der Waals surface area (Å²) in [7, 11) is 0. The molecule has 0 fully saturated rings. The molecule has 0 aliphatic carbocycles. The smallest absolute Gasteiger partial charge is 0.242 e. The number of nitrogens with one attached hydrogen (secondary N) is 5. The predicted molar refractivity (Wildman–Crippen MR) is 35.3 cm³/mol. The summed E-state index contributed by atoms with van der Waals surface area (Å²) in [6.07, 6.45) is -0.294. The van der Waals surface area contributed by atoms with Crippen molar-refractivity contribution in [2.24, 2.45) is 16.8 Å². The second-order valence-corrected chi connectivity index (χ2v) is 1.60. The Morgan fingerprint density at radius 2 is 2.30 bits per heavy atom. The highest BCUT2D eigenvalue weighted by Crippen LogP contribution is 1.72. The average Bonchev–Trinajstić information content (AvgIpc) is 2.05. The molecular weight excluding hydrogens is 136 g/mol. The first kappa shape index (κ1) is 7.02. The largest absolute Gasteiger partial charge is 0.292 e. The molecule has 0 saturated heterocycles. The van der Waals surface area contributed by atoms with Gasteiger partial charge in [-0.2, -0.15) is 5.43 Å². The standard InChI is InChI=1S/C2H10N8/c3-5-1-7-9-2(6-4)10-8-1/h1,5,7-8H,3-4H2,(H2,6,9,10). The Hall–Kier alpha value is -1.09. The minimum absolute atomic E-state index is 0.294. The Kier molecular flexibility index (Phi) is 2.23. The highest BCUT2D eigenvalue weighted by atomic mass is 15.7. The van der Waals surface area contributed by atoms with Crippen LogP contribution in [0.25, 0.3) is 0 Å². The molecule has 0 bridgehead atoms. The van der Waals surface area contributed by atoms with E-state index in [9.17, 15) is 0 Å². The maximum Gasteiger partial charge on any atom is 0.242 e. The first-order valence-electron chi connectivity index (χ1n) is 2.64. The molecule has 8 heteroatoms. The highest BCUT2D eigenvalue weighted by Gasteiger charge is 2.08. The monoisotopic (exact) mass is 146 g/mol. The summed E-state index contributed by atoms with van der Waals surface area (Å²) in [5, 5.41) is 3.71. The van der Waals surface area contributed by atoms with Gasteiger partial charge in [0, 0.05) is 0 Å². The van der Waals surface area contributed by atoms with Gasteiger partial charge in [0.2, 0.25) is 5.96 Å². The van der Waals surface area contributed by atoms with Crippen molar-refractivity contribution in [1.29, 1.82) is 0 Å². The zero-order valence-electron chi connectivity index (χ0n) is 5.18. The summed E-state index contributed by atoms with van der Waals surface area (Å²) in [6, 6.07) is 0. The summed E-state index contributed by atoms with van der Waals surface area (Å²) >= 11 is 0. The van der Waals surface area contributed by atoms with E-state index in [0.29, 0.717) is 5.96 Å². The molecule has 0 aromatic carbocycles. The third kappa shape index (κ3) is 1.45. The molecule has 1 heterocycles. The number of hydrazine groups is 3. The summed E-state index contributed by atoms with van der Waals surface area (Å²) < 4.78 is 0. The lowest BCUT2D eigenvalue weighted by Crippen LogP contribution is -2.65. The van der Waals surface area contributed by atoms with Crippen LogP contribution in [-0.2, 0) is 0 Å². The van der Waals surface area contributed by atoms with Crippen LogP contribution in [0.1, 0.15) is 0 Å². The molecule has 9 N–H and O–H groups in total. The van der Waals surface area contributed by atoms with Crippen LogP contribution in [0.15, 0.2) is 5.10 Å². The lowest BCUT2D eigenvalue weighted by atomic mass is 10.8. The van der Waals surface area contributed by atoms with Gasteiger partial charge in [-0.05, 0) is 0 Å². The van der Waals surface area contributed by atoms with Gasteiger partial charge in [0.25, 0.3) is 0 Å². The molecule has 0 amide bonds. The molecule has 0 aromatic heterocycles. The van der Waals surface area contributed by atoms with Gasteiger partial charge in [0.05, 0.1) is 0 Å². The van der Waals surface area contributed by atoms with Crippen LogP contribution in [0, 0.1) is 0 Å². The number of hydrogen-bond acceptors (Lipinski definition) is 8. The quantitative estimate of drug-likeness (QED) is 0.149. The number of hydrazone groups is 1. The van der Waals surface area contributed by atoms with Crippen molar-refractivity contribution < 1.29 is 0 Å². The van der Waals surface area contributed by atoms with Crippen molar-refractivity contribution in [2.45, 2.75) is 6.29 Å². The van der Waals surface area contributed by atoms with E-state index in [1.807, 2.05) is 0 Å². The van der Waals surface area contributed by atoms with E-state index in [4.69, 9.17) is 11.7 Å². The molecular formula is C2H10N8. The van der Waals surface area contributed by atoms with Gasteiger partial charge in [-0.1, -0.05) is 0 Å². The fourth-order valence-electron chi connectivity index (χ4n) is 0.477. The van der Waals surface area contributed by atoms with E-state index in [-0.39, 0.29) is 6.29 Å². The van der Waals surface area contributed by atoms with E-state index in [1.54, 1.807) is 0 Å². The molecule has 1 aliphatic heterocycles. The second-order valence-electron chi connectivity index (χ2n) is 1.60. The molecule has 1 atom stereocenters. The maximum absolute atomic E-state index is 5.05. The number of guanidine groups is 1. The Bertz CT molecular complexity index is 129. The molecule has 1 unspecified atom stereocenters. The van der Waals surface area contributed by atoms with Crippen molar-refractivity contribution >= 4 is 5.96 Å². The SMILES string of the molecule is NNC1=NNC(NN)NN1. The molecule has 0 radical (unpaired) electrons. The van der Waals surface area contributed by atoms with Gasteiger partial charge in [-0.25, -0.2) is 11.3 Å². The van der Waals surface area contributed by atoms with E-state index >= 15 is 0 Å². The van der Waals surface area contributed by atoms with Crippen LogP contribution in [0.2, 0.25) is 0 Å². The number of rotatable bonds is 1. The normalized spacial score (nSPS) is 24.2. The van der Waals surface area contributed by atoms with Crippen LogP contribution < -0.4 is 38.8 Å². The minimum Gasteiger partial charge on any atom is -0.292 e. The van der Waals surface area contributed by atoms with Gasteiger partial charge < -0.3 is 0 Å². The fourth-order valence-corrected chi connectivity index (χ4v) is 0.477. The van der Waals surface area contributed by atoms with Crippen molar-refractivity contribution in [1.82, 2.24) is 27.1 Å². The Labute approximate surface area is 57.3 Å². The molecule has 0 spiro atoms. The third-order valence-electron chi connectivity index (χ3n) is 0.944. The second kappa shape index (κ2) is 3.17. The van der Waals surface area contributed by atoms with E-state index in [1.165, 1.54) is 0 Å². The Morgan fingerprint density at radius 1 is 1.50 bits per heavy atom. The van der Waals surface area contributed by atoms with Gasteiger partial charge in [0.15, 0.2) is 6.29 Å². The summed E-state index contributed by atoms with van der Waals surface area (Å²) in [5.41, 5.74) is 12.6. The van der Waals surface area contributed by atoms with Crippen molar-refractivity contribution in [3.8, 4) is 0 Å². The highest BCUT2D eigenvalue weighted by molar-refractivity contribution is 5.78. The van der Waals surface area contributed by atoms with Crippen LogP contribution in [0.4, 0.5) is 0 Å². The van der Waals surface area contributed by atoms with Crippen molar-refractivity contribution in [3.63, 3.8) is 0 Å². The molecule has 8 nitrogen and oxygen atoms in total. The lowest BCUT2D eigenvalue weighted by Gasteiger charge is -2.23. The number of hydrogen-bond donors (Lipinski definition) is 7. The maximum atomic E-state index is 5.05. The van der Waals surface area contributed by atoms with E-state index in [0.717, 1.165) is 0 Å². The third-order valence-corrected chi connectivity index (χ3v) is 0.944.